The summed E-state index contributed by atoms with van der Waals surface area (Å²) in [6, 6.07) is 0. The Kier molecular flexibility index (Phi) is 3.85. The van der Waals surface area contributed by atoms with Crippen LogP contribution < -0.4 is 5.73 Å². The molecule has 1 fully saturated rings. The smallest absolute Gasteiger partial charge is 0.244 e. The molecule has 2 N–H and O–H groups in total. The highest BCUT2D eigenvalue weighted by Gasteiger charge is 2.17. The quantitative estimate of drug-likeness (QED) is 0.518. The number of thiol groups is 1. The second-order valence-corrected chi connectivity index (χ2v) is 4.51. The van der Waals surface area contributed by atoms with E-state index in [4.69, 9.17) is 5.73 Å². The molecule has 2 nitrogen and oxygen atoms in total. The van der Waals surface area contributed by atoms with Gasteiger partial charge in [0.1, 0.15) is 0 Å². The Hall–Kier alpha value is -0.440. The van der Waals surface area contributed by atoms with E-state index < -0.39 is 0 Å². The average Bonchev–Trinajstić information content (AvgIpc) is 2.08. The maximum Gasteiger partial charge on any atom is 0.244 e. The van der Waals surface area contributed by atoms with Gasteiger partial charge in [-0.05, 0) is 38.5 Å². The minimum Gasteiger partial charge on any atom is -0.366 e. The Morgan fingerprint density at radius 3 is 2.38 bits per heavy atom. The van der Waals surface area contributed by atoms with Gasteiger partial charge in [0.2, 0.25) is 5.91 Å². The van der Waals surface area contributed by atoms with Crippen LogP contribution in [0.4, 0.5) is 0 Å². The topological polar surface area (TPSA) is 43.1 Å². The molecule has 1 saturated carbocycles. The Labute approximate surface area is 85.0 Å². The third-order valence-electron chi connectivity index (χ3n) is 2.62. The number of carbonyl (C=O) groups is 1. The van der Waals surface area contributed by atoms with Gasteiger partial charge < -0.3 is 5.73 Å². The van der Waals surface area contributed by atoms with Gasteiger partial charge >= 0.3 is 0 Å². The van der Waals surface area contributed by atoms with Gasteiger partial charge in [-0.3, -0.25) is 4.79 Å². The SMILES string of the molecule is CC(=CC1CCC(S)CC1)C(N)=O. The molecule has 0 unspecified atom stereocenters. The van der Waals surface area contributed by atoms with E-state index in [0.29, 0.717) is 16.7 Å². The second-order valence-electron chi connectivity index (χ2n) is 3.78. The summed E-state index contributed by atoms with van der Waals surface area (Å²) >= 11 is 4.42. The molecule has 0 atom stereocenters. The number of allylic oxidation sites excluding steroid dienone is 1. The Balaban J connectivity index is 2.46. The third-order valence-corrected chi connectivity index (χ3v) is 3.13. The van der Waals surface area contributed by atoms with E-state index in [2.05, 4.69) is 12.6 Å². The maximum absolute atomic E-state index is 10.8. The summed E-state index contributed by atoms with van der Waals surface area (Å²) in [5.41, 5.74) is 5.85. The van der Waals surface area contributed by atoms with Gasteiger partial charge in [-0.15, -0.1) is 0 Å². The van der Waals surface area contributed by atoms with Gasteiger partial charge in [0, 0.05) is 10.8 Å². The number of hydrogen-bond donors (Lipinski definition) is 2. The fraction of sp³-hybridized carbons (Fsp3) is 0.700. The molecule has 0 radical (unpaired) electrons. The van der Waals surface area contributed by atoms with Gasteiger partial charge in [-0.2, -0.15) is 12.6 Å². The summed E-state index contributed by atoms with van der Waals surface area (Å²) < 4.78 is 0. The molecule has 1 rings (SSSR count). The van der Waals surface area contributed by atoms with Crippen molar-refractivity contribution in [2.75, 3.05) is 0 Å². The Morgan fingerprint density at radius 1 is 1.38 bits per heavy atom. The highest BCUT2D eigenvalue weighted by atomic mass is 32.1. The Morgan fingerprint density at radius 2 is 1.92 bits per heavy atom. The molecule has 0 aromatic rings. The van der Waals surface area contributed by atoms with Crippen LogP contribution in [0, 0.1) is 5.92 Å². The first-order chi connectivity index (χ1) is 6.09. The van der Waals surface area contributed by atoms with Crippen LogP contribution in [0.3, 0.4) is 0 Å². The first-order valence-electron chi connectivity index (χ1n) is 4.76. The first kappa shape index (κ1) is 10.6. The lowest BCUT2D eigenvalue weighted by Crippen LogP contribution is -2.16. The summed E-state index contributed by atoms with van der Waals surface area (Å²) in [6.45, 7) is 1.79. The van der Waals surface area contributed by atoms with Crippen LogP contribution in [0.25, 0.3) is 0 Å². The minimum atomic E-state index is -0.298. The summed E-state index contributed by atoms with van der Waals surface area (Å²) in [5.74, 6) is 0.240. The molecule has 1 aliphatic rings. The van der Waals surface area contributed by atoms with Gasteiger partial charge in [0.15, 0.2) is 0 Å². The summed E-state index contributed by atoms with van der Waals surface area (Å²) in [7, 11) is 0. The van der Waals surface area contributed by atoms with Crippen LogP contribution in [0.1, 0.15) is 32.6 Å². The third kappa shape index (κ3) is 3.43. The number of carbonyl (C=O) groups excluding carboxylic acids is 1. The van der Waals surface area contributed by atoms with Crippen molar-refractivity contribution >= 4 is 18.5 Å². The van der Waals surface area contributed by atoms with Crippen LogP contribution in [0.5, 0.6) is 0 Å². The van der Waals surface area contributed by atoms with Crippen LogP contribution in [-0.2, 0) is 4.79 Å². The molecule has 1 amide bonds. The molecule has 0 spiro atoms. The molecule has 0 aliphatic heterocycles. The van der Waals surface area contributed by atoms with Crippen LogP contribution in [0.2, 0.25) is 0 Å². The van der Waals surface area contributed by atoms with Crippen molar-refractivity contribution in [3.63, 3.8) is 0 Å². The molecule has 74 valence electrons. The Bertz CT molecular complexity index is 217. The van der Waals surface area contributed by atoms with Crippen molar-refractivity contribution in [2.24, 2.45) is 11.7 Å². The number of nitrogens with two attached hydrogens (primary N) is 1. The standard InChI is InChI=1S/C10H17NOS/c1-7(10(11)12)6-8-2-4-9(13)5-3-8/h6,8-9,13H,2-5H2,1H3,(H2,11,12). The lowest BCUT2D eigenvalue weighted by Gasteiger charge is -2.23. The summed E-state index contributed by atoms with van der Waals surface area (Å²) in [6.07, 6.45) is 6.59. The lowest BCUT2D eigenvalue weighted by molar-refractivity contribution is -0.114. The van der Waals surface area contributed by atoms with Gasteiger partial charge in [-0.25, -0.2) is 0 Å². The van der Waals surface area contributed by atoms with Gasteiger partial charge in [-0.1, -0.05) is 6.08 Å². The van der Waals surface area contributed by atoms with E-state index in [1.54, 1.807) is 6.92 Å². The molecule has 3 heteroatoms. The first-order valence-corrected chi connectivity index (χ1v) is 5.27. The van der Waals surface area contributed by atoms with E-state index in [1.807, 2.05) is 6.08 Å². The molecular formula is C10H17NOS. The zero-order valence-electron chi connectivity index (χ0n) is 7.99. The highest BCUT2D eigenvalue weighted by Crippen LogP contribution is 2.28. The number of hydrogen-bond acceptors (Lipinski definition) is 2. The monoisotopic (exact) mass is 199 g/mol. The van der Waals surface area contributed by atoms with Crippen LogP contribution in [0.15, 0.2) is 11.6 Å². The van der Waals surface area contributed by atoms with E-state index in [1.165, 1.54) is 0 Å². The molecular weight excluding hydrogens is 182 g/mol. The minimum absolute atomic E-state index is 0.298. The molecule has 0 bridgehead atoms. The molecule has 0 saturated heterocycles. The largest absolute Gasteiger partial charge is 0.366 e. The van der Waals surface area contributed by atoms with Crippen molar-refractivity contribution in [1.29, 1.82) is 0 Å². The highest BCUT2D eigenvalue weighted by molar-refractivity contribution is 7.80. The maximum atomic E-state index is 10.8. The molecule has 0 aromatic carbocycles. The fourth-order valence-electron chi connectivity index (χ4n) is 1.70. The predicted octanol–water partition coefficient (Wildman–Crippen LogP) is 1.91. The average molecular weight is 199 g/mol. The summed E-state index contributed by atoms with van der Waals surface area (Å²) in [4.78, 5) is 10.8. The van der Waals surface area contributed by atoms with Crippen molar-refractivity contribution in [2.45, 2.75) is 37.9 Å². The molecule has 13 heavy (non-hydrogen) atoms. The van der Waals surface area contributed by atoms with E-state index >= 15 is 0 Å². The van der Waals surface area contributed by atoms with Crippen molar-refractivity contribution in [1.82, 2.24) is 0 Å². The van der Waals surface area contributed by atoms with E-state index in [0.717, 1.165) is 25.7 Å². The summed E-state index contributed by atoms with van der Waals surface area (Å²) in [5, 5.41) is 0.554. The predicted molar refractivity (Wildman–Crippen MR) is 57.7 cm³/mol. The van der Waals surface area contributed by atoms with E-state index in [9.17, 15) is 4.79 Å². The fourth-order valence-corrected chi connectivity index (χ4v) is 2.00. The number of amides is 1. The van der Waals surface area contributed by atoms with Crippen molar-refractivity contribution in [3.8, 4) is 0 Å². The van der Waals surface area contributed by atoms with Gasteiger partial charge in [0.25, 0.3) is 0 Å². The normalized spacial score (nSPS) is 30.2. The lowest BCUT2D eigenvalue weighted by atomic mass is 9.87. The number of rotatable bonds is 2. The molecule has 1 aliphatic carbocycles. The zero-order valence-corrected chi connectivity index (χ0v) is 8.89. The van der Waals surface area contributed by atoms with Crippen molar-refractivity contribution in [3.05, 3.63) is 11.6 Å². The van der Waals surface area contributed by atoms with Crippen molar-refractivity contribution < 1.29 is 4.79 Å². The molecule has 0 aromatic heterocycles. The van der Waals surface area contributed by atoms with Crippen LogP contribution in [-0.4, -0.2) is 11.2 Å². The van der Waals surface area contributed by atoms with E-state index in [-0.39, 0.29) is 5.91 Å². The van der Waals surface area contributed by atoms with Crippen LogP contribution >= 0.6 is 12.6 Å². The zero-order chi connectivity index (χ0) is 9.84. The second kappa shape index (κ2) is 4.70. The number of primary amides is 1. The molecule has 0 heterocycles. The van der Waals surface area contributed by atoms with Gasteiger partial charge in [0.05, 0.1) is 0 Å².